The van der Waals surface area contributed by atoms with Crippen molar-refractivity contribution in [1.82, 2.24) is 0 Å². The van der Waals surface area contributed by atoms with Crippen molar-refractivity contribution in [3.05, 3.63) is 99.0 Å². The number of carbonyl (C=O) groups is 1. The van der Waals surface area contributed by atoms with E-state index in [1.807, 2.05) is 0 Å². The van der Waals surface area contributed by atoms with Crippen molar-refractivity contribution >= 4 is 44.5 Å². The molecule has 0 aromatic heterocycles. The van der Waals surface area contributed by atoms with Crippen LogP contribution in [0.15, 0.2) is 75.1 Å². The lowest BCUT2D eigenvalue weighted by molar-refractivity contribution is -0.275. The molecule has 0 spiro atoms. The highest BCUT2D eigenvalue weighted by atomic mass is 35.5. The fraction of sp³-hybridized carbons (Fsp3) is 0.167. The molecule has 2 atom stereocenters. The molecule has 5 nitrogen and oxygen atoms in total. The topological polar surface area (TPSA) is 68.1 Å². The number of hydrogen-bond acceptors (Lipinski definition) is 4. The minimum absolute atomic E-state index is 0.0113. The molecule has 3 aromatic carbocycles. The Bertz CT molecular complexity index is 1530. The van der Waals surface area contributed by atoms with Gasteiger partial charge in [-0.25, -0.2) is 13.0 Å². The van der Waals surface area contributed by atoms with Gasteiger partial charge in [0.15, 0.2) is 0 Å². The molecule has 0 saturated heterocycles. The van der Waals surface area contributed by atoms with Gasteiger partial charge in [-0.2, -0.15) is 17.5 Å². The molecule has 0 radical (unpaired) electrons. The Labute approximate surface area is 218 Å². The van der Waals surface area contributed by atoms with Crippen molar-refractivity contribution in [2.75, 3.05) is 6.26 Å². The molecule has 2 unspecified atom stereocenters. The molecule has 0 aliphatic carbocycles. The highest BCUT2D eigenvalue weighted by Crippen LogP contribution is 2.49. The van der Waals surface area contributed by atoms with Crippen LogP contribution in [0.1, 0.15) is 27.9 Å². The van der Waals surface area contributed by atoms with Crippen molar-refractivity contribution in [2.24, 2.45) is 9.52 Å². The lowest BCUT2D eigenvalue weighted by atomic mass is 9.86. The average molecular weight is 577 g/mol. The van der Waals surface area contributed by atoms with Gasteiger partial charge in [0.2, 0.25) is 0 Å². The summed E-state index contributed by atoms with van der Waals surface area (Å²) in [6, 6.07) is 10.9. The Morgan fingerprint density at radius 2 is 1.65 bits per heavy atom. The summed E-state index contributed by atoms with van der Waals surface area (Å²) in [6.07, 6.45) is -4.55. The van der Waals surface area contributed by atoms with E-state index in [4.69, 9.17) is 28.0 Å². The zero-order chi connectivity index (χ0) is 27.2. The van der Waals surface area contributed by atoms with E-state index < -0.39 is 50.4 Å². The lowest BCUT2D eigenvalue weighted by Gasteiger charge is -2.29. The van der Waals surface area contributed by atoms with Crippen LogP contribution in [0, 0.1) is 11.6 Å². The van der Waals surface area contributed by atoms with E-state index in [0.29, 0.717) is 6.07 Å². The summed E-state index contributed by atoms with van der Waals surface area (Å²) in [6.45, 7) is 0. The molecule has 194 valence electrons. The largest absolute Gasteiger partial charge is 0.435 e. The van der Waals surface area contributed by atoms with Gasteiger partial charge in [-0.05, 0) is 48.0 Å². The van der Waals surface area contributed by atoms with E-state index in [9.17, 15) is 31.0 Å². The molecule has 0 fully saturated rings. The zero-order valence-electron chi connectivity index (χ0n) is 18.7. The minimum Gasteiger partial charge on any atom is -0.374 e. The van der Waals surface area contributed by atoms with Gasteiger partial charge in [-0.3, -0.25) is 4.79 Å². The summed E-state index contributed by atoms with van der Waals surface area (Å²) in [5, 5.41) is 3.61. The molecule has 4 rings (SSSR count). The van der Waals surface area contributed by atoms with Crippen molar-refractivity contribution < 1.29 is 35.8 Å². The number of rotatable bonds is 4. The molecule has 1 amide bonds. The Balaban J connectivity index is 1.60. The maximum absolute atomic E-state index is 14.2. The van der Waals surface area contributed by atoms with Crippen LogP contribution in [0.3, 0.4) is 0 Å². The van der Waals surface area contributed by atoms with Crippen LogP contribution in [0.4, 0.5) is 22.0 Å². The van der Waals surface area contributed by atoms with Crippen molar-refractivity contribution in [1.29, 1.82) is 0 Å². The van der Waals surface area contributed by atoms with E-state index in [2.05, 4.69) is 9.52 Å². The summed E-state index contributed by atoms with van der Waals surface area (Å²) in [4.78, 5) is 17.1. The van der Waals surface area contributed by atoms with E-state index >= 15 is 0 Å². The van der Waals surface area contributed by atoms with Gasteiger partial charge in [0, 0.05) is 39.9 Å². The first-order chi connectivity index (χ1) is 17.2. The van der Waals surface area contributed by atoms with Gasteiger partial charge in [-0.15, -0.1) is 0 Å². The van der Waals surface area contributed by atoms with Crippen LogP contribution >= 0.6 is 23.2 Å². The number of alkyl halides is 3. The number of carbonyl (C=O) groups excluding carboxylic acids is 1. The Kier molecular flexibility index (Phi) is 7.08. The van der Waals surface area contributed by atoms with E-state index in [1.54, 1.807) is 0 Å². The van der Waals surface area contributed by atoms with Gasteiger partial charge in [0.25, 0.3) is 11.5 Å². The summed E-state index contributed by atoms with van der Waals surface area (Å²) >= 11 is 11.8. The SMILES string of the molecule is CS(=O)(=NC(=O)c1ccc(C2=NOC(c3cc(Cl)cc(Cl)c3)(C(F)(F)F)C2)cc1)c1ccc(F)cc1F. The molecule has 37 heavy (non-hydrogen) atoms. The predicted molar refractivity (Wildman–Crippen MR) is 128 cm³/mol. The van der Waals surface area contributed by atoms with Crippen molar-refractivity contribution in [3.63, 3.8) is 0 Å². The quantitative estimate of drug-likeness (QED) is 0.310. The molecular formula is C24H15Cl2F5N2O3S. The molecule has 0 bridgehead atoms. The fourth-order valence-corrected chi connectivity index (χ4v) is 5.48. The number of halogens is 7. The normalized spacial score (nSPS) is 19.1. The van der Waals surface area contributed by atoms with Gasteiger partial charge < -0.3 is 4.84 Å². The van der Waals surface area contributed by atoms with Gasteiger partial charge in [0.05, 0.1) is 20.3 Å². The molecule has 1 aliphatic rings. The van der Waals surface area contributed by atoms with Crippen LogP contribution in [-0.4, -0.2) is 28.3 Å². The van der Waals surface area contributed by atoms with E-state index in [0.717, 1.165) is 30.5 Å². The van der Waals surface area contributed by atoms with Crippen LogP contribution < -0.4 is 0 Å². The predicted octanol–water partition coefficient (Wildman–Crippen LogP) is 7.15. The number of benzene rings is 3. The number of hydrogen-bond donors (Lipinski definition) is 0. The maximum atomic E-state index is 14.2. The maximum Gasteiger partial charge on any atom is 0.435 e. The second-order valence-electron chi connectivity index (χ2n) is 8.14. The monoisotopic (exact) mass is 576 g/mol. The van der Waals surface area contributed by atoms with Crippen LogP contribution in [0.2, 0.25) is 10.0 Å². The third-order valence-corrected chi connectivity index (χ3v) is 7.64. The van der Waals surface area contributed by atoms with E-state index in [-0.39, 0.29) is 32.4 Å². The number of oxime groups is 1. The Hall–Kier alpha value is -3.02. The number of amides is 1. The number of nitrogens with zero attached hydrogens (tertiary/aromatic N) is 2. The summed E-state index contributed by atoms with van der Waals surface area (Å²) in [5.41, 5.74) is -3.06. The summed E-state index contributed by atoms with van der Waals surface area (Å²) < 4.78 is 86.0. The van der Waals surface area contributed by atoms with Gasteiger partial charge in [0.1, 0.15) is 11.6 Å². The highest BCUT2D eigenvalue weighted by molar-refractivity contribution is 7.93. The molecule has 1 heterocycles. The van der Waals surface area contributed by atoms with Crippen molar-refractivity contribution in [2.45, 2.75) is 23.1 Å². The summed E-state index contributed by atoms with van der Waals surface area (Å²) in [7, 11) is -3.56. The van der Waals surface area contributed by atoms with Crippen LogP contribution in [0.5, 0.6) is 0 Å². The molecule has 13 heteroatoms. The third-order valence-electron chi connectivity index (χ3n) is 5.54. The van der Waals surface area contributed by atoms with Crippen LogP contribution in [0.25, 0.3) is 0 Å². The first-order valence-corrected chi connectivity index (χ1v) is 13.0. The first-order valence-electron chi connectivity index (χ1n) is 10.3. The minimum atomic E-state index is -4.88. The second-order valence-corrected chi connectivity index (χ2v) is 11.2. The molecule has 0 N–H and O–H groups in total. The zero-order valence-corrected chi connectivity index (χ0v) is 21.0. The van der Waals surface area contributed by atoms with E-state index in [1.165, 1.54) is 30.3 Å². The molecule has 1 aliphatic heterocycles. The highest BCUT2D eigenvalue weighted by Gasteiger charge is 2.62. The van der Waals surface area contributed by atoms with Gasteiger partial charge in [-0.1, -0.05) is 40.5 Å². The Morgan fingerprint density at radius 1 is 1.03 bits per heavy atom. The van der Waals surface area contributed by atoms with Gasteiger partial charge >= 0.3 is 6.18 Å². The van der Waals surface area contributed by atoms with Crippen LogP contribution in [-0.2, 0) is 20.2 Å². The lowest BCUT2D eigenvalue weighted by Crippen LogP contribution is -2.42. The second kappa shape index (κ2) is 9.70. The van der Waals surface area contributed by atoms with Crippen molar-refractivity contribution in [3.8, 4) is 0 Å². The smallest absolute Gasteiger partial charge is 0.374 e. The third kappa shape index (κ3) is 5.34. The first kappa shape index (κ1) is 27.0. The molecule has 0 saturated carbocycles. The summed E-state index contributed by atoms with van der Waals surface area (Å²) in [5.74, 6) is -2.97. The standard InChI is InChI=1S/C24H15Cl2F5N2O3S/c1-37(35,21-7-6-18(27)11-19(21)28)33-22(34)14-4-2-13(3-5-14)20-12-23(36-32-20,24(29,30)31)15-8-16(25)10-17(26)9-15/h2-11H,12H2,1H3. The Morgan fingerprint density at radius 3 is 2.22 bits per heavy atom. The molecular weight excluding hydrogens is 562 g/mol. The fourth-order valence-electron chi connectivity index (χ4n) is 3.69. The average Bonchev–Trinajstić information content (AvgIpc) is 3.25. The molecule has 3 aromatic rings.